The Hall–Kier alpha value is -4.14. The fraction of sp³-hybridized carbons (Fsp3) is 0.357. The Morgan fingerprint density at radius 2 is 1.92 bits per heavy atom. The van der Waals surface area contributed by atoms with Crippen molar-refractivity contribution in [2.45, 2.75) is 45.1 Å². The molecule has 1 unspecified atom stereocenters. The summed E-state index contributed by atoms with van der Waals surface area (Å²) < 4.78 is 11.3. The van der Waals surface area contributed by atoms with Crippen molar-refractivity contribution in [1.82, 2.24) is 20.4 Å². The lowest BCUT2D eigenvalue weighted by atomic mass is 10.0. The van der Waals surface area contributed by atoms with Gasteiger partial charge in [-0.25, -0.2) is 4.98 Å². The summed E-state index contributed by atoms with van der Waals surface area (Å²) in [7, 11) is 1.62. The van der Waals surface area contributed by atoms with Crippen LogP contribution in [0.25, 0.3) is 0 Å². The van der Waals surface area contributed by atoms with E-state index in [0.29, 0.717) is 24.8 Å². The van der Waals surface area contributed by atoms with E-state index in [1.54, 1.807) is 7.11 Å². The van der Waals surface area contributed by atoms with Crippen LogP contribution in [0.5, 0.6) is 11.6 Å². The van der Waals surface area contributed by atoms with E-state index in [0.717, 1.165) is 42.8 Å². The second-order valence-electron chi connectivity index (χ2n) is 9.39. The molecule has 0 aliphatic carbocycles. The van der Waals surface area contributed by atoms with Crippen molar-refractivity contribution in [1.29, 1.82) is 0 Å². The maximum atomic E-state index is 13.3. The third-order valence-electron chi connectivity index (χ3n) is 6.79. The van der Waals surface area contributed by atoms with Crippen molar-refractivity contribution in [2.24, 2.45) is 0 Å². The van der Waals surface area contributed by atoms with Crippen LogP contribution >= 0.6 is 0 Å². The van der Waals surface area contributed by atoms with Gasteiger partial charge in [0.05, 0.1) is 7.11 Å². The lowest BCUT2D eigenvalue weighted by molar-refractivity contribution is -0.133. The smallest absolute Gasteiger partial charge is 0.276 e. The van der Waals surface area contributed by atoms with Gasteiger partial charge in [-0.2, -0.15) is 4.98 Å². The van der Waals surface area contributed by atoms with Crippen molar-refractivity contribution < 1.29 is 19.1 Å². The lowest BCUT2D eigenvalue weighted by Crippen LogP contribution is -2.46. The highest BCUT2D eigenvalue weighted by molar-refractivity contribution is 5.97. The number of methoxy groups -OCH3 is 1. The number of carbonyl (C=O) groups is 2. The van der Waals surface area contributed by atoms with Crippen LogP contribution in [0.1, 0.15) is 60.0 Å². The topological polar surface area (TPSA) is 96.9 Å². The van der Waals surface area contributed by atoms with Crippen molar-refractivity contribution >= 4 is 23.5 Å². The Morgan fingerprint density at radius 3 is 2.73 bits per heavy atom. The Morgan fingerprint density at radius 1 is 1.11 bits per heavy atom. The quantitative estimate of drug-likeness (QED) is 0.514. The van der Waals surface area contributed by atoms with Crippen LogP contribution < -0.4 is 19.8 Å². The first-order valence-electron chi connectivity index (χ1n) is 12.6. The van der Waals surface area contributed by atoms with Crippen molar-refractivity contribution in [3.05, 3.63) is 71.4 Å². The van der Waals surface area contributed by atoms with Crippen LogP contribution in [0.4, 0.5) is 11.6 Å². The first-order chi connectivity index (χ1) is 18.0. The zero-order chi connectivity index (χ0) is 25.8. The number of aromatic nitrogens is 2. The summed E-state index contributed by atoms with van der Waals surface area (Å²) in [5.41, 5.74) is 6.09. The molecule has 1 atom stereocenters. The average molecular weight is 502 g/mol. The van der Waals surface area contributed by atoms with Gasteiger partial charge in [0.2, 0.25) is 17.7 Å². The molecule has 1 fully saturated rings. The number of hydrogen-bond donors (Lipinski definition) is 1. The van der Waals surface area contributed by atoms with Gasteiger partial charge in [-0.3, -0.25) is 20.0 Å². The van der Waals surface area contributed by atoms with Gasteiger partial charge < -0.3 is 14.4 Å². The number of rotatable bonds is 7. The van der Waals surface area contributed by atoms with Crippen LogP contribution in [0.3, 0.4) is 0 Å². The van der Waals surface area contributed by atoms with Crippen LogP contribution in [0.15, 0.2) is 54.7 Å². The minimum absolute atomic E-state index is 0.0910. The lowest BCUT2D eigenvalue weighted by Gasteiger charge is -2.22. The van der Waals surface area contributed by atoms with Crippen molar-refractivity contribution in [3.63, 3.8) is 0 Å². The number of carbonyl (C=O) groups excluding carboxylic acids is 2. The predicted molar refractivity (Wildman–Crippen MR) is 139 cm³/mol. The summed E-state index contributed by atoms with van der Waals surface area (Å²) in [4.78, 5) is 37.0. The molecule has 2 aromatic carbocycles. The number of ether oxygens (including phenoxy) is 2. The van der Waals surface area contributed by atoms with E-state index in [1.807, 2.05) is 47.4 Å². The Kier molecular flexibility index (Phi) is 7.20. The standard InChI is InChI=1S/C28H31N5O4/c1-19-17-32(24-9-6-5-8-22(19)24)28-29-16-23(26(35)31-33-15-7-3-4-10-25(33)34)27(30-28)37-18-20-11-13-21(36-2)14-12-20/h5-6,8-9,11-14,16,19H,3-4,7,10,15,17-18H2,1-2H3,(H,31,35). The molecule has 3 aromatic rings. The average Bonchev–Trinajstić information content (AvgIpc) is 3.13. The Bertz CT molecular complexity index is 1280. The molecule has 192 valence electrons. The van der Waals surface area contributed by atoms with Crippen LogP contribution in [-0.4, -0.2) is 47.0 Å². The molecule has 0 spiro atoms. The molecule has 9 heteroatoms. The largest absolute Gasteiger partial charge is 0.497 e. The minimum Gasteiger partial charge on any atom is -0.497 e. The molecule has 2 amide bonds. The summed E-state index contributed by atoms with van der Waals surface area (Å²) in [6, 6.07) is 15.7. The maximum absolute atomic E-state index is 13.3. The predicted octanol–water partition coefficient (Wildman–Crippen LogP) is 4.37. The summed E-state index contributed by atoms with van der Waals surface area (Å²) in [6.07, 6.45) is 4.53. The molecule has 1 N–H and O–H groups in total. The number of nitrogens with one attached hydrogen (secondary N) is 1. The zero-order valence-corrected chi connectivity index (χ0v) is 21.1. The second kappa shape index (κ2) is 10.9. The molecule has 9 nitrogen and oxygen atoms in total. The molecule has 1 aromatic heterocycles. The van der Waals surface area contributed by atoms with Crippen LogP contribution in [0.2, 0.25) is 0 Å². The molecule has 0 radical (unpaired) electrons. The molecule has 1 saturated heterocycles. The van der Waals surface area contributed by atoms with Crippen molar-refractivity contribution in [3.8, 4) is 11.6 Å². The van der Waals surface area contributed by atoms with Gasteiger partial charge in [-0.1, -0.05) is 43.7 Å². The Balaban J connectivity index is 1.43. The Labute approximate surface area is 216 Å². The highest BCUT2D eigenvalue weighted by atomic mass is 16.5. The first kappa shape index (κ1) is 24.5. The monoisotopic (exact) mass is 501 g/mol. The fourth-order valence-corrected chi connectivity index (χ4v) is 4.72. The molecule has 3 heterocycles. The number of hydrazine groups is 1. The third kappa shape index (κ3) is 5.35. The molecule has 2 aliphatic rings. The van der Waals surface area contributed by atoms with E-state index in [9.17, 15) is 9.59 Å². The SMILES string of the molecule is COc1ccc(COc2nc(N3CC(C)c4ccccc43)ncc2C(=O)NN2CCCCCC2=O)cc1. The van der Waals surface area contributed by atoms with E-state index in [4.69, 9.17) is 14.5 Å². The van der Waals surface area contributed by atoms with Gasteiger partial charge in [0.1, 0.15) is 17.9 Å². The number of nitrogens with zero attached hydrogens (tertiary/aromatic N) is 4. The second-order valence-corrected chi connectivity index (χ2v) is 9.39. The fourth-order valence-electron chi connectivity index (χ4n) is 4.72. The third-order valence-corrected chi connectivity index (χ3v) is 6.79. The van der Waals surface area contributed by atoms with Gasteiger partial charge in [0, 0.05) is 37.3 Å². The van der Waals surface area contributed by atoms with E-state index in [2.05, 4.69) is 23.4 Å². The zero-order valence-electron chi connectivity index (χ0n) is 21.1. The molecule has 2 aliphatic heterocycles. The van der Waals surface area contributed by atoms with E-state index >= 15 is 0 Å². The van der Waals surface area contributed by atoms with Gasteiger partial charge >= 0.3 is 0 Å². The molecule has 0 bridgehead atoms. The van der Waals surface area contributed by atoms with Gasteiger partial charge in [-0.15, -0.1) is 0 Å². The summed E-state index contributed by atoms with van der Waals surface area (Å²) in [6.45, 7) is 3.58. The van der Waals surface area contributed by atoms with Crippen LogP contribution in [0, 0.1) is 0 Å². The maximum Gasteiger partial charge on any atom is 0.276 e. The summed E-state index contributed by atoms with van der Waals surface area (Å²) in [5.74, 6) is 1.13. The van der Waals surface area contributed by atoms with E-state index in [1.165, 1.54) is 16.8 Å². The number of benzene rings is 2. The molecular weight excluding hydrogens is 470 g/mol. The molecule has 37 heavy (non-hydrogen) atoms. The number of anilines is 2. The molecular formula is C28H31N5O4. The van der Waals surface area contributed by atoms with E-state index < -0.39 is 5.91 Å². The first-order valence-corrected chi connectivity index (χ1v) is 12.6. The molecule has 5 rings (SSSR count). The van der Waals surface area contributed by atoms with Gasteiger partial charge in [0.15, 0.2) is 0 Å². The van der Waals surface area contributed by atoms with Gasteiger partial charge in [-0.05, 0) is 42.2 Å². The number of hydrogen-bond acceptors (Lipinski definition) is 7. The number of para-hydroxylation sites is 1. The number of amides is 2. The van der Waals surface area contributed by atoms with Crippen LogP contribution in [-0.2, 0) is 11.4 Å². The number of fused-ring (bicyclic) bond motifs is 1. The van der Waals surface area contributed by atoms with Crippen molar-refractivity contribution in [2.75, 3.05) is 25.1 Å². The minimum atomic E-state index is -0.471. The van der Waals surface area contributed by atoms with Gasteiger partial charge in [0.25, 0.3) is 5.91 Å². The van der Waals surface area contributed by atoms with E-state index in [-0.39, 0.29) is 24.0 Å². The molecule has 0 saturated carbocycles. The normalized spacial score (nSPS) is 17.2. The highest BCUT2D eigenvalue weighted by Gasteiger charge is 2.29. The summed E-state index contributed by atoms with van der Waals surface area (Å²) in [5, 5.41) is 1.40. The summed E-state index contributed by atoms with van der Waals surface area (Å²) >= 11 is 0. The highest BCUT2D eigenvalue weighted by Crippen LogP contribution is 2.39.